The first-order valence-electron chi connectivity index (χ1n) is 6.06. The van der Waals surface area contributed by atoms with Crippen molar-refractivity contribution >= 4 is 11.6 Å². The van der Waals surface area contributed by atoms with E-state index in [1.165, 1.54) is 25.7 Å². The van der Waals surface area contributed by atoms with Gasteiger partial charge >= 0.3 is 0 Å². The Morgan fingerprint density at radius 3 is 2.53 bits per heavy atom. The van der Waals surface area contributed by atoms with E-state index in [1.54, 1.807) is 0 Å². The van der Waals surface area contributed by atoms with Crippen LogP contribution in [-0.2, 0) is 9.47 Å². The lowest BCUT2D eigenvalue weighted by Crippen LogP contribution is -2.13. The maximum atomic E-state index is 5.60. The molecule has 0 aliphatic rings. The lowest BCUT2D eigenvalue weighted by atomic mass is 10.1. The minimum Gasteiger partial charge on any atom is -0.378 e. The summed E-state index contributed by atoms with van der Waals surface area (Å²) >= 11 is 5.48. The summed E-state index contributed by atoms with van der Waals surface area (Å²) in [6, 6.07) is 0. The lowest BCUT2D eigenvalue weighted by Gasteiger charge is -2.12. The monoisotopic (exact) mass is 236 g/mol. The van der Waals surface area contributed by atoms with E-state index < -0.39 is 0 Å². The van der Waals surface area contributed by atoms with E-state index in [2.05, 4.69) is 13.8 Å². The summed E-state index contributed by atoms with van der Waals surface area (Å²) in [6.07, 6.45) is 6.76. The molecule has 0 fully saturated rings. The summed E-state index contributed by atoms with van der Waals surface area (Å²) in [5, 5.41) is 0. The zero-order chi connectivity index (χ0) is 11.4. The van der Waals surface area contributed by atoms with Gasteiger partial charge in [-0.15, -0.1) is 11.6 Å². The third-order valence-electron chi connectivity index (χ3n) is 2.32. The van der Waals surface area contributed by atoms with E-state index in [-0.39, 0.29) is 0 Å². The molecule has 92 valence electrons. The number of unbranched alkanes of at least 4 members (excludes halogenated alkanes) is 3. The summed E-state index contributed by atoms with van der Waals surface area (Å²) in [5.41, 5.74) is 0. The van der Waals surface area contributed by atoms with Gasteiger partial charge in [-0.05, 0) is 13.3 Å². The molecule has 0 amide bonds. The molecule has 0 rings (SSSR count). The third kappa shape index (κ3) is 12.1. The molecule has 0 saturated heterocycles. The Balaban J connectivity index is 3.08. The zero-order valence-corrected chi connectivity index (χ0v) is 10.9. The van der Waals surface area contributed by atoms with Crippen LogP contribution in [-0.4, -0.2) is 31.8 Å². The predicted octanol–water partition coefficient (Wildman–Crippen LogP) is 3.62. The summed E-state index contributed by atoms with van der Waals surface area (Å²) in [5.74, 6) is 0.562. The molecule has 0 N–H and O–H groups in total. The molecule has 0 spiro atoms. The number of halogens is 1. The summed E-state index contributed by atoms with van der Waals surface area (Å²) in [4.78, 5) is 0. The minimum atomic E-state index is 0.362. The maximum absolute atomic E-state index is 5.60. The fraction of sp³-hybridized carbons (Fsp3) is 1.00. The minimum absolute atomic E-state index is 0.362. The third-order valence-corrected chi connectivity index (χ3v) is 2.47. The van der Waals surface area contributed by atoms with Crippen LogP contribution < -0.4 is 0 Å². The van der Waals surface area contributed by atoms with Gasteiger partial charge in [0.2, 0.25) is 0 Å². The maximum Gasteiger partial charge on any atom is 0.0704 e. The van der Waals surface area contributed by atoms with Crippen molar-refractivity contribution in [3.63, 3.8) is 0 Å². The van der Waals surface area contributed by atoms with Crippen molar-refractivity contribution in [2.75, 3.05) is 25.7 Å². The fourth-order valence-corrected chi connectivity index (χ4v) is 1.52. The highest BCUT2D eigenvalue weighted by Gasteiger charge is 2.01. The Kier molecular flexibility index (Phi) is 12.5. The Morgan fingerprint density at radius 1 is 1.07 bits per heavy atom. The number of alkyl halides is 1. The first-order valence-corrected chi connectivity index (χ1v) is 6.60. The van der Waals surface area contributed by atoms with Gasteiger partial charge in [0, 0.05) is 5.88 Å². The smallest absolute Gasteiger partial charge is 0.0704 e. The molecular weight excluding hydrogens is 212 g/mol. The van der Waals surface area contributed by atoms with Crippen LogP contribution in [0.2, 0.25) is 0 Å². The van der Waals surface area contributed by atoms with Gasteiger partial charge in [-0.1, -0.05) is 32.6 Å². The fourth-order valence-electron chi connectivity index (χ4n) is 1.41. The van der Waals surface area contributed by atoms with Crippen LogP contribution in [0.15, 0.2) is 0 Å². The lowest BCUT2D eigenvalue weighted by molar-refractivity contribution is 0.0116. The van der Waals surface area contributed by atoms with Gasteiger partial charge in [-0.3, -0.25) is 0 Å². The number of rotatable bonds is 11. The highest BCUT2D eigenvalue weighted by atomic mass is 35.5. The summed E-state index contributed by atoms with van der Waals surface area (Å²) in [7, 11) is 0. The zero-order valence-electron chi connectivity index (χ0n) is 10.1. The van der Waals surface area contributed by atoms with Crippen molar-refractivity contribution in [1.82, 2.24) is 0 Å². The molecule has 0 bridgehead atoms. The molecule has 2 nitrogen and oxygen atoms in total. The average Bonchev–Trinajstić information content (AvgIpc) is 2.24. The van der Waals surface area contributed by atoms with Crippen molar-refractivity contribution in [2.24, 2.45) is 0 Å². The molecular formula is C12H25ClO2. The molecule has 0 aromatic heterocycles. The average molecular weight is 237 g/mol. The normalized spacial score (nSPS) is 13.0. The molecule has 1 atom stereocenters. The number of hydrogen-bond donors (Lipinski definition) is 0. The Labute approximate surface area is 99.3 Å². The molecule has 0 radical (unpaired) electrons. The van der Waals surface area contributed by atoms with Crippen LogP contribution in [0.25, 0.3) is 0 Å². The SMILES string of the molecule is CCCCCCC(C)OCCOCCCl. The molecule has 15 heavy (non-hydrogen) atoms. The first-order chi connectivity index (χ1) is 7.31. The van der Waals surface area contributed by atoms with Crippen LogP contribution in [0.3, 0.4) is 0 Å². The van der Waals surface area contributed by atoms with E-state index in [4.69, 9.17) is 21.1 Å². The van der Waals surface area contributed by atoms with E-state index in [1.807, 2.05) is 0 Å². The second kappa shape index (κ2) is 12.3. The predicted molar refractivity (Wildman–Crippen MR) is 65.7 cm³/mol. The van der Waals surface area contributed by atoms with Crippen molar-refractivity contribution in [3.05, 3.63) is 0 Å². The molecule has 0 aliphatic carbocycles. The van der Waals surface area contributed by atoms with Crippen LogP contribution in [0, 0.1) is 0 Å². The van der Waals surface area contributed by atoms with Gasteiger partial charge in [-0.2, -0.15) is 0 Å². The van der Waals surface area contributed by atoms with Crippen LogP contribution in [0.1, 0.15) is 46.0 Å². The molecule has 3 heteroatoms. The Hall–Kier alpha value is 0.210. The van der Waals surface area contributed by atoms with Gasteiger partial charge in [0.1, 0.15) is 0 Å². The van der Waals surface area contributed by atoms with Crippen LogP contribution >= 0.6 is 11.6 Å². The molecule has 0 aliphatic heterocycles. The Bertz CT molecular complexity index is 120. The van der Waals surface area contributed by atoms with Gasteiger partial charge in [-0.25, -0.2) is 0 Å². The van der Waals surface area contributed by atoms with Gasteiger partial charge in [0.05, 0.1) is 25.9 Å². The largest absolute Gasteiger partial charge is 0.378 e. The molecule has 0 aromatic carbocycles. The van der Waals surface area contributed by atoms with Crippen molar-refractivity contribution in [2.45, 2.75) is 52.1 Å². The number of ether oxygens (including phenoxy) is 2. The first kappa shape index (κ1) is 15.2. The van der Waals surface area contributed by atoms with E-state index >= 15 is 0 Å². The van der Waals surface area contributed by atoms with Crippen molar-refractivity contribution < 1.29 is 9.47 Å². The topological polar surface area (TPSA) is 18.5 Å². The number of hydrogen-bond acceptors (Lipinski definition) is 2. The second-order valence-corrected chi connectivity index (χ2v) is 4.21. The standard InChI is InChI=1S/C12H25ClO2/c1-3-4-5-6-7-12(2)15-11-10-14-9-8-13/h12H,3-11H2,1-2H3. The van der Waals surface area contributed by atoms with E-state index in [9.17, 15) is 0 Å². The highest BCUT2D eigenvalue weighted by molar-refractivity contribution is 6.17. The quantitative estimate of drug-likeness (QED) is 0.403. The van der Waals surface area contributed by atoms with Crippen molar-refractivity contribution in [3.8, 4) is 0 Å². The van der Waals surface area contributed by atoms with Gasteiger partial charge < -0.3 is 9.47 Å². The summed E-state index contributed by atoms with van der Waals surface area (Å²) in [6.45, 7) is 6.33. The molecule has 0 aromatic rings. The van der Waals surface area contributed by atoms with E-state index in [0.29, 0.717) is 31.8 Å². The van der Waals surface area contributed by atoms with Crippen LogP contribution in [0.4, 0.5) is 0 Å². The Morgan fingerprint density at radius 2 is 1.87 bits per heavy atom. The molecule has 1 unspecified atom stereocenters. The second-order valence-electron chi connectivity index (χ2n) is 3.83. The molecule has 0 heterocycles. The highest BCUT2D eigenvalue weighted by Crippen LogP contribution is 2.07. The summed E-state index contributed by atoms with van der Waals surface area (Å²) < 4.78 is 10.8. The van der Waals surface area contributed by atoms with Gasteiger partial charge in [0.25, 0.3) is 0 Å². The molecule has 0 saturated carbocycles. The van der Waals surface area contributed by atoms with Crippen LogP contribution in [0.5, 0.6) is 0 Å². The van der Waals surface area contributed by atoms with Gasteiger partial charge in [0.15, 0.2) is 0 Å². The van der Waals surface area contributed by atoms with Crippen molar-refractivity contribution in [1.29, 1.82) is 0 Å². The van der Waals surface area contributed by atoms with E-state index in [0.717, 1.165) is 6.42 Å².